The highest BCUT2D eigenvalue weighted by Crippen LogP contribution is 2.49. The lowest BCUT2D eigenvalue weighted by molar-refractivity contribution is -0.154. The maximum Gasteiger partial charge on any atom is 0.314 e. The molecule has 4 nitrogen and oxygen atoms in total. The molecule has 1 aliphatic carbocycles. The molecule has 0 amide bonds. The van der Waals surface area contributed by atoms with Crippen molar-refractivity contribution in [2.45, 2.75) is 25.9 Å². The third-order valence-electron chi connectivity index (χ3n) is 2.33. The number of ether oxygens (including phenoxy) is 1. The third-order valence-corrected chi connectivity index (χ3v) is 2.33. The zero-order chi connectivity index (χ0) is 9.19. The smallest absolute Gasteiger partial charge is 0.314 e. The number of hydrogen-bond donors (Lipinski definition) is 2. The van der Waals surface area contributed by atoms with E-state index in [9.17, 15) is 9.90 Å². The van der Waals surface area contributed by atoms with Crippen LogP contribution in [-0.4, -0.2) is 30.3 Å². The molecule has 1 atom stereocenters. The Morgan fingerprint density at radius 1 is 1.75 bits per heavy atom. The predicted octanol–water partition coefficient (Wildman–Crippen LogP) is -0.351. The van der Waals surface area contributed by atoms with Crippen molar-refractivity contribution in [3.8, 4) is 0 Å². The normalized spacial score (nSPS) is 21.6. The number of carbonyl (C=O) groups is 1. The number of aliphatic hydroxyl groups excluding tert-OH is 1. The second kappa shape index (κ2) is 3.41. The second-order valence-electron chi connectivity index (χ2n) is 3.13. The number of hydrogen-bond acceptors (Lipinski definition) is 4. The van der Waals surface area contributed by atoms with Crippen molar-refractivity contribution in [3.63, 3.8) is 0 Å². The summed E-state index contributed by atoms with van der Waals surface area (Å²) in [6, 6.07) is 0. The summed E-state index contributed by atoms with van der Waals surface area (Å²) in [4.78, 5) is 11.3. The topological polar surface area (TPSA) is 72.5 Å². The minimum atomic E-state index is -0.739. The van der Waals surface area contributed by atoms with E-state index >= 15 is 0 Å². The predicted molar refractivity (Wildman–Crippen MR) is 43.4 cm³/mol. The SMILES string of the molecule is CCOC(=O)C1(C(O)CN)CC1. The largest absolute Gasteiger partial charge is 0.465 e. The first-order valence-electron chi connectivity index (χ1n) is 4.22. The Morgan fingerprint density at radius 2 is 2.33 bits per heavy atom. The summed E-state index contributed by atoms with van der Waals surface area (Å²) in [6.45, 7) is 2.24. The summed E-state index contributed by atoms with van der Waals surface area (Å²) < 4.78 is 4.84. The highest BCUT2D eigenvalue weighted by molar-refractivity contribution is 5.80. The molecular weight excluding hydrogens is 158 g/mol. The average molecular weight is 173 g/mol. The molecule has 1 rings (SSSR count). The molecule has 0 radical (unpaired) electrons. The molecule has 0 bridgehead atoms. The van der Waals surface area contributed by atoms with Crippen molar-refractivity contribution in [1.82, 2.24) is 0 Å². The first-order chi connectivity index (χ1) is 5.67. The molecule has 0 aromatic rings. The summed E-state index contributed by atoms with van der Waals surface area (Å²) >= 11 is 0. The summed E-state index contributed by atoms with van der Waals surface area (Å²) in [5.41, 5.74) is 4.61. The Hall–Kier alpha value is -0.610. The third kappa shape index (κ3) is 1.44. The summed E-state index contributed by atoms with van der Waals surface area (Å²) in [5.74, 6) is -0.303. The monoisotopic (exact) mass is 173 g/mol. The van der Waals surface area contributed by atoms with E-state index in [0.29, 0.717) is 19.4 Å². The van der Waals surface area contributed by atoms with Crippen LogP contribution in [0.25, 0.3) is 0 Å². The van der Waals surface area contributed by atoms with Gasteiger partial charge in [0.25, 0.3) is 0 Å². The van der Waals surface area contributed by atoms with Crippen LogP contribution in [0, 0.1) is 5.41 Å². The first kappa shape index (κ1) is 9.48. The van der Waals surface area contributed by atoms with Crippen molar-refractivity contribution in [2.24, 2.45) is 11.1 Å². The molecule has 4 heteroatoms. The zero-order valence-electron chi connectivity index (χ0n) is 7.25. The average Bonchev–Trinajstić information content (AvgIpc) is 2.84. The van der Waals surface area contributed by atoms with E-state index in [1.165, 1.54) is 0 Å². The van der Waals surface area contributed by atoms with Crippen molar-refractivity contribution < 1.29 is 14.6 Å². The summed E-state index contributed by atoms with van der Waals surface area (Å²) in [7, 11) is 0. The van der Waals surface area contributed by atoms with Crippen LogP contribution in [0.2, 0.25) is 0 Å². The molecule has 0 spiro atoms. The van der Waals surface area contributed by atoms with Gasteiger partial charge in [-0.15, -0.1) is 0 Å². The van der Waals surface area contributed by atoms with E-state index in [-0.39, 0.29) is 12.5 Å². The molecule has 1 saturated carbocycles. The molecule has 0 aliphatic heterocycles. The molecule has 0 aromatic carbocycles. The molecule has 0 aromatic heterocycles. The van der Waals surface area contributed by atoms with Crippen LogP contribution in [0.15, 0.2) is 0 Å². The molecule has 1 aliphatic rings. The van der Waals surface area contributed by atoms with Gasteiger partial charge < -0.3 is 15.6 Å². The van der Waals surface area contributed by atoms with Crippen molar-refractivity contribution >= 4 is 5.97 Å². The highest BCUT2D eigenvalue weighted by Gasteiger charge is 2.56. The summed E-state index contributed by atoms with van der Waals surface area (Å²) in [5, 5.41) is 9.42. The minimum absolute atomic E-state index is 0.124. The second-order valence-corrected chi connectivity index (χ2v) is 3.13. The van der Waals surface area contributed by atoms with Gasteiger partial charge in [-0.1, -0.05) is 0 Å². The molecule has 70 valence electrons. The lowest BCUT2D eigenvalue weighted by Gasteiger charge is -2.18. The van der Waals surface area contributed by atoms with Gasteiger partial charge in [-0.05, 0) is 19.8 Å². The number of carbonyl (C=O) groups excluding carboxylic acids is 1. The molecule has 0 saturated heterocycles. The molecule has 12 heavy (non-hydrogen) atoms. The number of nitrogens with two attached hydrogens (primary N) is 1. The van der Waals surface area contributed by atoms with Crippen LogP contribution < -0.4 is 5.73 Å². The van der Waals surface area contributed by atoms with Gasteiger partial charge in [0.1, 0.15) is 0 Å². The molecule has 1 unspecified atom stereocenters. The Morgan fingerprint density at radius 3 is 2.67 bits per heavy atom. The number of aliphatic hydroxyl groups is 1. The van der Waals surface area contributed by atoms with Gasteiger partial charge in [-0.25, -0.2) is 0 Å². The Kier molecular flexibility index (Phi) is 2.69. The van der Waals surface area contributed by atoms with Crippen LogP contribution in [-0.2, 0) is 9.53 Å². The fourth-order valence-electron chi connectivity index (χ4n) is 1.31. The van der Waals surface area contributed by atoms with E-state index in [1.54, 1.807) is 6.92 Å². The Bertz CT molecular complexity index is 177. The standard InChI is InChI=1S/C8H15NO3/c1-2-12-7(11)8(3-4-8)6(10)5-9/h6,10H,2-5,9H2,1H3. The van der Waals surface area contributed by atoms with Gasteiger partial charge in [-0.2, -0.15) is 0 Å². The Labute approximate surface area is 71.7 Å². The van der Waals surface area contributed by atoms with E-state index in [1.807, 2.05) is 0 Å². The molecular formula is C8H15NO3. The molecule has 1 fully saturated rings. The lowest BCUT2D eigenvalue weighted by Crippen LogP contribution is -2.37. The van der Waals surface area contributed by atoms with Crippen molar-refractivity contribution in [1.29, 1.82) is 0 Å². The quantitative estimate of drug-likeness (QED) is 0.570. The first-order valence-corrected chi connectivity index (χ1v) is 4.22. The van der Waals surface area contributed by atoms with Gasteiger partial charge in [0.2, 0.25) is 0 Å². The van der Waals surface area contributed by atoms with E-state index < -0.39 is 11.5 Å². The van der Waals surface area contributed by atoms with Crippen LogP contribution in [0.4, 0.5) is 0 Å². The van der Waals surface area contributed by atoms with Gasteiger partial charge in [0.05, 0.1) is 18.1 Å². The van der Waals surface area contributed by atoms with E-state index in [0.717, 1.165) is 0 Å². The zero-order valence-corrected chi connectivity index (χ0v) is 7.25. The maximum absolute atomic E-state index is 11.3. The van der Waals surface area contributed by atoms with Crippen molar-refractivity contribution in [2.75, 3.05) is 13.2 Å². The lowest BCUT2D eigenvalue weighted by atomic mass is 10.00. The van der Waals surface area contributed by atoms with Crippen LogP contribution >= 0.6 is 0 Å². The number of rotatable bonds is 4. The maximum atomic E-state index is 11.3. The molecule has 3 N–H and O–H groups in total. The van der Waals surface area contributed by atoms with Crippen LogP contribution in [0.5, 0.6) is 0 Å². The molecule has 0 heterocycles. The number of esters is 1. The van der Waals surface area contributed by atoms with Crippen LogP contribution in [0.3, 0.4) is 0 Å². The van der Waals surface area contributed by atoms with E-state index in [2.05, 4.69) is 0 Å². The fraction of sp³-hybridized carbons (Fsp3) is 0.875. The van der Waals surface area contributed by atoms with Gasteiger partial charge in [0, 0.05) is 6.54 Å². The van der Waals surface area contributed by atoms with Crippen molar-refractivity contribution in [3.05, 3.63) is 0 Å². The highest BCUT2D eigenvalue weighted by atomic mass is 16.5. The Balaban J connectivity index is 2.53. The summed E-state index contributed by atoms with van der Waals surface area (Å²) in [6.07, 6.45) is 0.658. The van der Waals surface area contributed by atoms with E-state index in [4.69, 9.17) is 10.5 Å². The van der Waals surface area contributed by atoms with Crippen LogP contribution in [0.1, 0.15) is 19.8 Å². The van der Waals surface area contributed by atoms with Gasteiger partial charge >= 0.3 is 5.97 Å². The fourth-order valence-corrected chi connectivity index (χ4v) is 1.31. The minimum Gasteiger partial charge on any atom is -0.465 e. The van der Waals surface area contributed by atoms with Gasteiger partial charge in [0.15, 0.2) is 0 Å². The van der Waals surface area contributed by atoms with Gasteiger partial charge in [-0.3, -0.25) is 4.79 Å².